The normalized spacial score (nSPS) is 17.6. The molecule has 1 fully saturated rings. The first kappa shape index (κ1) is 17.6. The van der Waals surface area contributed by atoms with Crippen LogP contribution < -0.4 is 0 Å². The van der Waals surface area contributed by atoms with E-state index >= 15 is 0 Å². The van der Waals surface area contributed by atoms with Crippen LogP contribution in [0.25, 0.3) is 0 Å². The topological polar surface area (TPSA) is 69.2 Å². The lowest BCUT2D eigenvalue weighted by Crippen LogP contribution is -2.46. The third-order valence-corrected chi connectivity index (χ3v) is 4.75. The molecule has 0 spiro atoms. The maximum absolute atomic E-state index is 9.02. The van der Waals surface area contributed by atoms with Crippen molar-refractivity contribution in [2.75, 3.05) is 26.2 Å². The molecule has 0 radical (unpaired) electrons. The Labute approximate surface area is 149 Å². The SMILES string of the molecule is CC(C)c1noc([C@@H](C)N2CCN(Cc3cccc(C#N)c3)CC2)n1. The van der Waals surface area contributed by atoms with Gasteiger partial charge < -0.3 is 4.52 Å². The van der Waals surface area contributed by atoms with Crippen molar-refractivity contribution in [3.8, 4) is 6.07 Å². The van der Waals surface area contributed by atoms with Gasteiger partial charge in [0.2, 0.25) is 5.89 Å². The van der Waals surface area contributed by atoms with Crippen LogP contribution >= 0.6 is 0 Å². The van der Waals surface area contributed by atoms with Gasteiger partial charge in [0, 0.05) is 38.6 Å². The Balaban J connectivity index is 1.55. The summed E-state index contributed by atoms with van der Waals surface area (Å²) in [6, 6.07) is 10.2. The Morgan fingerprint density at radius 3 is 2.60 bits per heavy atom. The summed E-state index contributed by atoms with van der Waals surface area (Å²) < 4.78 is 5.44. The fraction of sp³-hybridized carbons (Fsp3) is 0.526. The third kappa shape index (κ3) is 4.25. The van der Waals surface area contributed by atoms with Gasteiger partial charge in [0.15, 0.2) is 5.82 Å². The van der Waals surface area contributed by atoms with Crippen LogP contribution in [0.4, 0.5) is 0 Å². The van der Waals surface area contributed by atoms with Crippen molar-refractivity contribution >= 4 is 0 Å². The molecule has 1 atom stereocenters. The molecule has 1 aliphatic heterocycles. The molecule has 0 bridgehead atoms. The van der Waals surface area contributed by atoms with Gasteiger partial charge in [-0.1, -0.05) is 31.1 Å². The van der Waals surface area contributed by atoms with Gasteiger partial charge in [-0.15, -0.1) is 0 Å². The van der Waals surface area contributed by atoms with Gasteiger partial charge in [-0.25, -0.2) is 0 Å². The Morgan fingerprint density at radius 2 is 1.96 bits per heavy atom. The van der Waals surface area contributed by atoms with E-state index in [1.165, 1.54) is 5.56 Å². The summed E-state index contributed by atoms with van der Waals surface area (Å²) in [4.78, 5) is 9.34. The summed E-state index contributed by atoms with van der Waals surface area (Å²) in [6.45, 7) is 11.1. The first-order chi connectivity index (χ1) is 12.1. The van der Waals surface area contributed by atoms with Gasteiger partial charge in [-0.05, 0) is 24.6 Å². The van der Waals surface area contributed by atoms with E-state index in [2.05, 4.69) is 52.8 Å². The van der Waals surface area contributed by atoms with E-state index in [0.29, 0.717) is 5.89 Å². The molecule has 2 aromatic rings. The molecule has 1 aromatic carbocycles. The highest BCUT2D eigenvalue weighted by Crippen LogP contribution is 2.22. The van der Waals surface area contributed by atoms with E-state index in [1.54, 1.807) is 0 Å². The van der Waals surface area contributed by atoms with Gasteiger partial charge in [-0.3, -0.25) is 9.80 Å². The summed E-state index contributed by atoms with van der Waals surface area (Å²) in [6.07, 6.45) is 0. The molecule has 25 heavy (non-hydrogen) atoms. The van der Waals surface area contributed by atoms with Crippen molar-refractivity contribution in [2.24, 2.45) is 0 Å². The van der Waals surface area contributed by atoms with Crippen molar-refractivity contribution in [3.05, 3.63) is 47.1 Å². The Bertz CT molecular complexity index is 740. The van der Waals surface area contributed by atoms with E-state index < -0.39 is 0 Å². The van der Waals surface area contributed by atoms with Crippen LogP contribution in [0.3, 0.4) is 0 Å². The summed E-state index contributed by atoms with van der Waals surface area (Å²) in [7, 11) is 0. The predicted octanol–water partition coefficient (Wildman–Crippen LogP) is 2.94. The highest BCUT2D eigenvalue weighted by molar-refractivity contribution is 5.32. The number of nitriles is 1. The predicted molar refractivity (Wildman–Crippen MR) is 94.8 cm³/mol. The standard InChI is InChI=1S/C19H25N5O/c1-14(2)18-21-19(25-22-18)15(3)24-9-7-23(8-10-24)13-17-6-4-5-16(11-17)12-20/h4-6,11,14-15H,7-10,13H2,1-3H3/t15-/m1/s1. The molecule has 1 saturated heterocycles. The van der Waals surface area contributed by atoms with Crippen LogP contribution in [0.2, 0.25) is 0 Å². The zero-order chi connectivity index (χ0) is 17.8. The summed E-state index contributed by atoms with van der Waals surface area (Å²) in [5.74, 6) is 1.77. The Hall–Kier alpha value is -2.23. The van der Waals surface area contributed by atoms with Crippen molar-refractivity contribution in [1.82, 2.24) is 19.9 Å². The van der Waals surface area contributed by atoms with Crippen molar-refractivity contribution in [1.29, 1.82) is 5.26 Å². The lowest BCUT2D eigenvalue weighted by atomic mass is 10.1. The van der Waals surface area contributed by atoms with E-state index in [0.717, 1.165) is 44.1 Å². The molecule has 3 rings (SSSR count). The van der Waals surface area contributed by atoms with Crippen LogP contribution in [0, 0.1) is 11.3 Å². The second-order valence-electron chi connectivity index (χ2n) is 6.95. The van der Waals surface area contributed by atoms with Crippen LogP contribution in [0.15, 0.2) is 28.8 Å². The van der Waals surface area contributed by atoms with Gasteiger partial charge in [-0.2, -0.15) is 10.2 Å². The highest BCUT2D eigenvalue weighted by Gasteiger charge is 2.26. The average Bonchev–Trinajstić information content (AvgIpc) is 3.12. The van der Waals surface area contributed by atoms with Crippen molar-refractivity contribution < 1.29 is 4.52 Å². The fourth-order valence-electron chi connectivity index (χ4n) is 3.11. The van der Waals surface area contributed by atoms with Crippen LogP contribution in [0.1, 0.15) is 55.6 Å². The van der Waals surface area contributed by atoms with Gasteiger partial charge in [0.1, 0.15) is 0 Å². The third-order valence-electron chi connectivity index (χ3n) is 4.75. The first-order valence-corrected chi connectivity index (χ1v) is 8.85. The van der Waals surface area contributed by atoms with E-state index in [1.807, 2.05) is 18.2 Å². The smallest absolute Gasteiger partial charge is 0.243 e. The van der Waals surface area contributed by atoms with Crippen LogP contribution in [-0.4, -0.2) is 46.1 Å². The zero-order valence-corrected chi connectivity index (χ0v) is 15.1. The number of hydrogen-bond donors (Lipinski definition) is 0. The lowest BCUT2D eigenvalue weighted by Gasteiger charge is -2.36. The zero-order valence-electron chi connectivity index (χ0n) is 15.1. The minimum absolute atomic E-state index is 0.143. The number of nitrogens with zero attached hydrogens (tertiary/aromatic N) is 5. The highest BCUT2D eigenvalue weighted by atomic mass is 16.5. The second-order valence-corrected chi connectivity index (χ2v) is 6.95. The molecule has 0 saturated carbocycles. The van der Waals surface area contributed by atoms with Crippen molar-refractivity contribution in [2.45, 2.75) is 39.3 Å². The maximum Gasteiger partial charge on any atom is 0.243 e. The molecule has 132 valence electrons. The number of benzene rings is 1. The molecule has 6 nitrogen and oxygen atoms in total. The molecule has 0 aliphatic carbocycles. The summed E-state index contributed by atoms with van der Waals surface area (Å²) in [5.41, 5.74) is 1.92. The molecule has 2 heterocycles. The minimum Gasteiger partial charge on any atom is -0.338 e. The lowest BCUT2D eigenvalue weighted by molar-refractivity contribution is 0.0845. The van der Waals surface area contributed by atoms with E-state index in [4.69, 9.17) is 9.78 Å². The van der Waals surface area contributed by atoms with Gasteiger partial charge in [0.25, 0.3) is 0 Å². The minimum atomic E-state index is 0.143. The molecule has 0 N–H and O–H groups in total. The van der Waals surface area contributed by atoms with Gasteiger partial charge in [0.05, 0.1) is 17.7 Å². The first-order valence-electron chi connectivity index (χ1n) is 8.85. The number of aromatic nitrogens is 2. The molecular formula is C19H25N5O. The Morgan fingerprint density at radius 1 is 1.20 bits per heavy atom. The summed E-state index contributed by atoms with van der Waals surface area (Å²) in [5, 5.41) is 13.1. The Kier molecular flexibility index (Phi) is 5.47. The summed E-state index contributed by atoms with van der Waals surface area (Å²) >= 11 is 0. The number of rotatable bonds is 5. The van der Waals surface area contributed by atoms with Crippen LogP contribution in [0.5, 0.6) is 0 Å². The number of piperazine rings is 1. The fourth-order valence-corrected chi connectivity index (χ4v) is 3.11. The molecule has 1 aromatic heterocycles. The van der Waals surface area contributed by atoms with E-state index in [9.17, 15) is 0 Å². The maximum atomic E-state index is 9.02. The quantitative estimate of drug-likeness (QED) is 0.834. The molecule has 1 aliphatic rings. The van der Waals surface area contributed by atoms with Crippen molar-refractivity contribution in [3.63, 3.8) is 0 Å². The number of hydrogen-bond acceptors (Lipinski definition) is 6. The largest absolute Gasteiger partial charge is 0.338 e. The average molecular weight is 339 g/mol. The molecular weight excluding hydrogens is 314 g/mol. The molecule has 0 amide bonds. The molecule has 0 unspecified atom stereocenters. The van der Waals surface area contributed by atoms with Crippen LogP contribution in [-0.2, 0) is 6.54 Å². The van der Waals surface area contributed by atoms with Gasteiger partial charge >= 0.3 is 0 Å². The molecule has 6 heteroatoms. The van der Waals surface area contributed by atoms with E-state index in [-0.39, 0.29) is 12.0 Å². The second kappa shape index (κ2) is 7.77. The monoisotopic (exact) mass is 339 g/mol.